The van der Waals surface area contributed by atoms with Gasteiger partial charge in [0.15, 0.2) is 5.71 Å². The van der Waals surface area contributed by atoms with Crippen molar-refractivity contribution in [3.05, 3.63) is 108 Å². The number of carbonyl (C=O) groups excluding carboxylic acids is 2. The number of ether oxygens (including phenoxy) is 2. The summed E-state index contributed by atoms with van der Waals surface area (Å²) in [6.45, 7) is 16.0. The van der Waals surface area contributed by atoms with Crippen LogP contribution in [0.25, 0.3) is 21.5 Å². The van der Waals surface area contributed by atoms with E-state index < -0.39 is 0 Å². The zero-order chi connectivity index (χ0) is 39.0. The second kappa shape index (κ2) is 17.8. The van der Waals surface area contributed by atoms with Crippen LogP contribution in [0.1, 0.15) is 117 Å². The molecule has 0 saturated heterocycles. The topological polar surface area (TPSA) is 58.8 Å². The van der Waals surface area contributed by atoms with Gasteiger partial charge in [-0.15, -0.1) is 0 Å². The van der Waals surface area contributed by atoms with Crippen molar-refractivity contribution in [3.8, 4) is 0 Å². The van der Waals surface area contributed by atoms with E-state index in [1.54, 1.807) is 0 Å². The second-order valence-corrected chi connectivity index (χ2v) is 16.1. The number of benzene rings is 4. The molecule has 0 radical (unpaired) electrons. The average Bonchev–Trinajstić information content (AvgIpc) is 3.53. The fourth-order valence-corrected chi connectivity index (χ4v) is 9.03. The van der Waals surface area contributed by atoms with Crippen LogP contribution in [0.4, 0.5) is 11.4 Å². The molecule has 2 heterocycles. The summed E-state index contributed by atoms with van der Waals surface area (Å²) in [5, 5.41) is 5.18. The Morgan fingerprint density at radius 1 is 0.655 bits per heavy atom. The Balaban J connectivity index is 1.29. The fraction of sp³-hybridized carbons (Fsp3) is 0.449. The average molecular weight is 742 g/mol. The lowest BCUT2D eigenvalue weighted by atomic mass is 9.79. The van der Waals surface area contributed by atoms with Gasteiger partial charge in [-0.05, 0) is 98.7 Å². The molecule has 290 valence electrons. The number of carbonyl (C=O) groups is 2. The van der Waals surface area contributed by atoms with Crippen LogP contribution >= 0.6 is 0 Å². The van der Waals surface area contributed by atoms with Gasteiger partial charge in [-0.1, -0.05) is 93.8 Å². The van der Waals surface area contributed by atoms with Gasteiger partial charge in [0.1, 0.15) is 6.54 Å². The molecule has 2 aliphatic rings. The molecule has 4 aromatic carbocycles. The van der Waals surface area contributed by atoms with Crippen LogP contribution in [0.5, 0.6) is 0 Å². The molecule has 0 bridgehead atoms. The number of allylic oxidation sites excluding steroid dienone is 4. The van der Waals surface area contributed by atoms with Gasteiger partial charge in [0.25, 0.3) is 0 Å². The third-order valence-corrected chi connectivity index (χ3v) is 11.7. The molecule has 6 nitrogen and oxygen atoms in total. The molecule has 0 amide bonds. The van der Waals surface area contributed by atoms with Crippen molar-refractivity contribution in [1.82, 2.24) is 0 Å². The molecular weight excluding hydrogens is 681 g/mol. The number of rotatable bonds is 18. The number of hydrogen-bond acceptors (Lipinski definition) is 5. The molecule has 0 saturated carbocycles. The Kier molecular flexibility index (Phi) is 13.0. The minimum absolute atomic E-state index is 0.0919. The zero-order valence-corrected chi connectivity index (χ0v) is 34.1. The van der Waals surface area contributed by atoms with E-state index in [9.17, 15) is 9.59 Å². The maximum Gasteiger partial charge on any atom is 0.305 e. The summed E-state index contributed by atoms with van der Waals surface area (Å²) >= 11 is 0. The highest BCUT2D eigenvalue weighted by molar-refractivity contribution is 6.07. The maximum atomic E-state index is 11.9. The number of unbranched alkanes of at least 4 members (excludes halogenated alkanes) is 6. The molecule has 6 rings (SSSR count). The van der Waals surface area contributed by atoms with Crippen LogP contribution in [0.3, 0.4) is 0 Å². The molecule has 2 aliphatic heterocycles. The molecule has 0 fully saturated rings. The molecule has 4 aromatic rings. The van der Waals surface area contributed by atoms with Crippen molar-refractivity contribution in [2.24, 2.45) is 0 Å². The van der Waals surface area contributed by atoms with Crippen molar-refractivity contribution in [2.45, 2.75) is 117 Å². The van der Waals surface area contributed by atoms with Gasteiger partial charge >= 0.3 is 11.9 Å². The van der Waals surface area contributed by atoms with Gasteiger partial charge < -0.3 is 14.4 Å². The standard InChI is InChI=1S/C49H61N2O4/c1-7-54-44(52)28-13-9-11-19-34-50-40-32-30-36-22-15-17-24-38(36)46(40)48(3,4)42(50)26-21-27-43-49(5,6)47-39-25-18-16-23-37(39)31-33-41(47)51(43)35-20-12-10-14-29-45(53)55-8-2/h15-18,21-27,30-33H,7-14,19-20,28-29,34-35H2,1-6H3/q+1. The summed E-state index contributed by atoms with van der Waals surface area (Å²) in [7, 11) is 0. The van der Waals surface area contributed by atoms with Gasteiger partial charge in [0.05, 0.1) is 18.6 Å². The number of anilines is 1. The quantitative estimate of drug-likeness (QED) is 0.0577. The van der Waals surface area contributed by atoms with Gasteiger partial charge in [0.2, 0.25) is 5.69 Å². The molecule has 0 aliphatic carbocycles. The predicted octanol–water partition coefficient (Wildman–Crippen LogP) is 11.6. The van der Waals surface area contributed by atoms with E-state index in [0.717, 1.165) is 64.5 Å². The molecule has 55 heavy (non-hydrogen) atoms. The van der Waals surface area contributed by atoms with Crippen LogP contribution in [0, 0.1) is 0 Å². The lowest BCUT2D eigenvalue weighted by Crippen LogP contribution is -2.28. The minimum atomic E-state index is -0.192. The Labute approximate surface area is 328 Å². The zero-order valence-electron chi connectivity index (χ0n) is 34.1. The van der Waals surface area contributed by atoms with Gasteiger partial charge in [0, 0.05) is 60.3 Å². The summed E-state index contributed by atoms with van der Waals surface area (Å²) in [4.78, 5) is 26.3. The van der Waals surface area contributed by atoms with Crippen molar-refractivity contribution in [2.75, 3.05) is 31.2 Å². The van der Waals surface area contributed by atoms with E-state index in [0.29, 0.717) is 26.1 Å². The molecule has 0 unspecified atom stereocenters. The summed E-state index contributed by atoms with van der Waals surface area (Å²) in [5.41, 5.74) is 7.63. The molecule has 6 heteroatoms. The van der Waals surface area contributed by atoms with Crippen molar-refractivity contribution >= 4 is 50.6 Å². The van der Waals surface area contributed by atoms with Crippen LogP contribution in [-0.2, 0) is 29.9 Å². The van der Waals surface area contributed by atoms with E-state index in [1.807, 2.05) is 13.8 Å². The monoisotopic (exact) mass is 741 g/mol. The summed E-state index contributed by atoms with van der Waals surface area (Å²) < 4.78 is 12.8. The van der Waals surface area contributed by atoms with Gasteiger partial charge in [-0.2, -0.15) is 4.58 Å². The largest absolute Gasteiger partial charge is 0.466 e. The van der Waals surface area contributed by atoms with E-state index in [2.05, 4.69) is 128 Å². The van der Waals surface area contributed by atoms with Crippen LogP contribution < -0.4 is 4.90 Å². The Bertz CT molecular complexity index is 2100. The Morgan fingerprint density at radius 2 is 1.22 bits per heavy atom. The van der Waals surface area contributed by atoms with E-state index >= 15 is 0 Å². The first kappa shape index (κ1) is 40.0. The van der Waals surface area contributed by atoms with Gasteiger partial charge in [-0.25, -0.2) is 0 Å². The molecular formula is C49H61N2O4+. The summed E-state index contributed by atoms with van der Waals surface area (Å²) in [6.07, 6.45) is 16.0. The van der Waals surface area contributed by atoms with E-state index in [4.69, 9.17) is 9.47 Å². The Morgan fingerprint density at radius 3 is 1.85 bits per heavy atom. The first-order valence-electron chi connectivity index (χ1n) is 20.8. The Hall–Kier alpha value is -4.71. The lowest BCUT2D eigenvalue weighted by Gasteiger charge is -2.27. The number of fused-ring (bicyclic) bond motifs is 6. The van der Waals surface area contributed by atoms with Crippen LogP contribution in [0.15, 0.2) is 96.7 Å². The number of esters is 2. The summed E-state index contributed by atoms with van der Waals surface area (Å²) in [5.74, 6) is -0.184. The number of hydrogen-bond donors (Lipinski definition) is 0. The van der Waals surface area contributed by atoms with Crippen molar-refractivity contribution < 1.29 is 23.6 Å². The number of nitrogens with zero attached hydrogens (tertiary/aromatic N) is 2. The first-order chi connectivity index (χ1) is 26.6. The first-order valence-corrected chi connectivity index (χ1v) is 20.8. The second-order valence-electron chi connectivity index (χ2n) is 16.1. The maximum absolute atomic E-state index is 11.9. The minimum Gasteiger partial charge on any atom is -0.466 e. The fourth-order valence-electron chi connectivity index (χ4n) is 9.03. The SMILES string of the molecule is CCOC(=O)CCCCCCN1/C(=C\C=C\C2=[N+](CCCCCCC(=O)OCC)c3ccc4ccccc4c3C2(C)C)C(C)(C)c2c1ccc1ccccc21. The lowest BCUT2D eigenvalue weighted by molar-refractivity contribution is -0.438. The highest BCUT2D eigenvalue weighted by atomic mass is 16.5. The smallest absolute Gasteiger partial charge is 0.305 e. The van der Waals surface area contributed by atoms with Crippen molar-refractivity contribution in [3.63, 3.8) is 0 Å². The third kappa shape index (κ3) is 8.59. The molecule has 0 spiro atoms. The summed E-state index contributed by atoms with van der Waals surface area (Å²) in [6, 6.07) is 26.7. The van der Waals surface area contributed by atoms with Gasteiger partial charge in [-0.3, -0.25) is 9.59 Å². The highest BCUT2D eigenvalue weighted by Gasteiger charge is 2.45. The normalized spacial score (nSPS) is 16.4. The highest BCUT2D eigenvalue weighted by Crippen LogP contribution is 2.51. The van der Waals surface area contributed by atoms with Crippen LogP contribution in [0.2, 0.25) is 0 Å². The third-order valence-electron chi connectivity index (χ3n) is 11.7. The molecule has 0 atom stereocenters. The molecule has 0 aromatic heterocycles. The molecule has 0 N–H and O–H groups in total. The predicted molar refractivity (Wildman–Crippen MR) is 228 cm³/mol. The van der Waals surface area contributed by atoms with E-state index in [1.165, 1.54) is 55.5 Å². The van der Waals surface area contributed by atoms with Crippen molar-refractivity contribution in [1.29, 1.82) is 0 Å². The van der Waals surface area contributed by atoms with E-state index in [-0.39, 0.29) is 22.8 Å². The van der Waals surface area contributed by atoms with Crippen LogP contribution in [-0.4, -0.2) is 48.5 Å².